The Bertz CT molecular complexity index is 2080. The number of hydrogen-bond donors (Lipinski definition) is 0. The molecule has 1 radical (unpaired) electrons. The van der Waals surface area contributed by atoms with Gasteiger partial charge in [-0.25, -0.2) is 0 Å². The van der Waals surface area contributed by atoms with E-state index in [1.807, 2.05) is 60.9 Å². The van der Waals surface area contributed by atoms with Crippen molar-refractivity contribution in [3.63, 3.8) is 0 Å². The van der Waals surface area contributed by atoms with Crippen LogP contribution in [0, 0.1) is 25.0 Å². The van der Waals surface area contributed by atoms with Crippen LogP contribution in [0.2, 0.25) is 0 Å². The quantitative estimate of drug-likeness (QED) is 0.157. The Morgan fingerprint density at radius 1 is 0.750 bits per heavy atom. The second-order valence-electron chi connectivity index (χ2n) is 12.8. The van der Waals surface area contributed by atoms with Gasteiger partial charge in [0, 0.05) is 43.8 Å². The van der Waals surface area contributed by atoms with Gasteiger partial charge in [0.25, 0.3) is 0 Å². The number of nitrogens with zero attached hydrogens (tertiary/aromatic N) is 2. The van der Waals surface area contributed by atoms with Crippen molar-refractivity contribution in [1.29, 1.82) is 0 Å². The van der Waals surface area contributed by atoms with Crippen molar-refractivity contribution in [2.24, 2.45) is 5.92 Å². The monoisotopic (exact) mass is 805 g/mol. The first-order valence-corrected chi connectivity index (χ1v) is 16.9. The molecule has 1 atom stereocenters. The summed E-state index contributed by atoms with van der Waals surface area (Å²) in [5.41, 5.74) is 11.0. The third-order valence-electron chi connectivity index (χ3n) is 9.61. The van der Waals surface area contributed by atoms with Crippen molar-refractivity contribution in [2.45, 2.75) is 58.3 Å². The Labute approximate surface area is 297 Å². The first kappa shape index (κ1) is 33.5. The molecule has 0 saturated heterocycles. The van der Waals surface area contributed by atoms with Gasteiger partial charge >= 0.3 is 0 Å². The van der Waals surface area contributed by atoms with E-state index in [0.29, 0.717) is 5.92 Å². The van der Waals surface area contributed by atoms with Gasteiger partial charge in [-0.1, -0.05) is 116 Å². The Morgan fingerprint density at radius 3 is 2.35 bits per heavy atom. The maximum absolute atomic E-state index is 6.15. The first-order valence-electron chi connectivity index (χ1n) is 16.9. The molecule has 1 saturated carbocycles. The van der Waals surface area contributed by atoms with E-state index in [2.05, 4.69) is 96.6 Å². The molecule has 243 valence electrons. The molecule has 3 aromatic heterocycles. The van der Waals surface area contributed by atoms with Crippen LogP contribution in [0.4, 0.5) is 0 Å². The number of aromatic nitrogens is 2. The second-order valence-corrected chi connectivity index (χ2v) is 12.8. The van der Waals surface area contributed by atoms with Crippen molar-refractivity contribution >= 4 is 21.9 Å². The zero-order chi connectivity index (χ0) is 32.0. The number of furan rings is 1. The molecule has 1 aliphatic carbocycles. The average Bonchev–Trinajstić information content (AvgIpc) is 3.53. The van der Waals surface area contributed by atoms with Gasteiger partial charge in [-0.15, -0.1) is 54.1 Å². The predicted molar refractivity (Wildman–Crippen MR) is 193 cm³/mol. The van der Waals surface area contributed by atoms with Crippen molar-refractivity contribution in [3.05, 3.63) is 156 Å². The smallest absolute Gasteiger partial charge is 0.120 e. The molecule has 4 heteroatoms. The summed E-state index contributed by atoms with van der Waals surface area (Å²) in [5, 5.41) is 2.22. The minimum atomic E-state index is 0. The summed E-state index contributed by atoms with van der Waals surface area (Å²) in [6.07, 6.45) is 12.2. The molecule has 8 rings (SSSR count). The minimum absolute atomic E-state index is 0. The second kappa shape index (κ2) is 15.7. The molecule has 0 N–H and O–H groups in total. The molecule has 1 unspecified atom stereocenters. The minimum Gasteiger partial charge on any atom is -0.501 e. The molecule has 3 heterocycles. The van der Waals surface area contributed by atoms with Crippen LogP contribution >= 0.6 is 0 Å². The number of benzene rings is 4. The van der Waals surface area contributed by atoms with Crippen LogP contribution in [0.5, 0.6) is 0 Å². The molecule has 0 amide bonds. The van der Waals surface area contributed by atoms with Crippen LogP contribution in [0.25, 0.3) is 44.5 Å². The topological polar surface area (TPSA) is 38.9 Å². The van der Waals surface area contributed by atoms with E-state index in [9.17, 15) is 0 Å². The van der Waals surface area contributed by atoms with E-state index < -0.39 is 0 Å². The van der Waals surface area contributed by atoms with Gasteiger partial charge in [0.1, 0.15) is 5.58 Å². The summed E-state index contributed by atoms with van der Waals surface area (Å²) in [7, 11) is 0. The number of hydrogen-bond acceptors (Lipinski definition) is 3. The molecule has 1 fully saturated rings. The third-order valence-corrected chi connectivity index (χ3v) is 9.61. The molecule has 48 heavy (non-hydrogen) atoms. The molecule has 0 bridgehead atoms. The first-order chi connectivity index (χ1) is 23.1. The molecule has 0 spiro atoms. The van der Waals surface area contributed by atoms with Crippen molar-refractivity contribution in [1.82, 2.24) is 9.97 Å². The molecule has 7 aromatic rings. The van der Waals surface area contributed by atoms with Gasteiger partial charge in [-0.05, 0) is 59.5 Å². The van der Waals surface area contributed by atoms with Crippen molar-refractivity contribution < 1.29 is 24.5 Å². The van der Waals surface area contributed by atoms with Crippen LogP contribution < -0.4 is 0 Å². The molecule has 1 aliphatic rings. The summed E-state index contributed by atoms with van der Waals surface area (Å²) in [6, 6.07) is 43.9. The number of aryl methyl sites for hydroxylation is 1. The number of para-hydroxylation sites is 1. The SMILES string of the molecule is CC(c1ccccc1)c1ccnc(-c2[c-]ccc3c2oc2ccccc23)c1.Cc1cnc(-c2[c-]cccc2)cc1CC1CCCCC1.[Ir]. The summed E-state index contributed by atoms with van der Waals surface area (Å²) >= 11 is 0. The van der Waals surface area contributed by atoms with Gasteiger partial charge in [0.05, 0.1) is 5.58 Å². The summed E-state index contributed by atoms with van der Waals surface area (Å²) in [4.78, 5) is 9.19. The molecular weight excluding hydrogens is 765 g/mol. The van der Waals surface area contributed by atoms with E-state index in [4.69, 9.17) is 4.42 Å². The number of pyridine rings is 2. The standard InChI is InChI=1S/C25H18NO.C19H22N.Ir/c1-17(18-8-3-2-4-9-18)19-14-15-26-23(16-19)22-12-7-11-21-20-10-5-6-13-24(20)27-25(21)22;1-15-14-20-19(17-10-6-3-7-11-17)13-18(15)12-16-8-4-2-5-9-16;/h2-11,13-17H,1H3;3,6-7,10,13-14,16H,2,4-5,8-9,12H2,1H3;/q2*-1;. The molecule has 0 aliphatic heterocycles. The average molecular weight is 805 g/mol. The normalized spacial score (nSPS) is 13.8. The fourth-order valence-electron chi connectivity index (χ4n) is 6.86. The maximum Gasteiger partial charge on any atom is 0.120 e. The predicted octanol–water partition coefficient (Wildman–Crippen LogP) is 11.6. The van der Waals surface area contributed by atoms with Gasteiger partial charge < -0.3 is 14.4 Å². The van der Waals surface area contributed by atoms with Gasteiger partial charge in [-0.3, -0.25) is 0 Å². The zero-order valence-corrected chi connectivity index (χ0v) is 30.0. The molecule has 4 aromatic carbocycles. The van der Waals surface area contributed by atoms with E-state index in [1.165, 1.54) is 60.8 Å². The van der Waals surface area contributed by atoms with Crippen LogP contribution in [0.1, 0.15) is 67.2 Å². The Balaban J connectivity index is 0.000000171. The fraction of sp³-hybridized carbons (Fsp3) is 0.227. The Morgan fingerprint density at radius 2 is 1.54 bits per heavy atom. The van der Waals surface area contributed by atoms with Crippen molar-refractivity contribution in [2.75, 3.05) is 0 Å². The van der Waals surface area contributed by atoms with E-state index >= 15 is 0 Å². The fourth-order valence-corrected chi connectivity index (χ4v) is 6.86. The number of fused-ring (bicyclic) bond motifs is 3. The van der Waals surface area contributed by atoms with Gasteiger partial charge in [0.2, 0.25) is 0 Å². The summed E-state index contributed by atoms with van der Waals surface area (Å²) in [5.74, 6) is 1.17. The Hall–Kier alpha value is -4.37. The van der Waals surface area contributed by atoms with E-state index in [-0.39, 0.29) is 20.1 Å². The van der Waals surface area contributed by atoms with Gasteiger partial charge in [0.15, 0.2) is 0 Å². The van der Waals surface area contributed by atoms with Crippen LogP contribution in [-0.2, 0) is 26.5 Å². The summed E-state index contributed by atoms with van der Waals surface area (Å²) in [6.45, 7) is 4.41. The van der Waals surface area contributed by atoms with Crippen LogP contribution in [0.3, 0.4) is 0 Å². The van der Waals surface area contributed by atoms with E-state index in [1.54, 1.807) is 0 Å². The van der Waals surface area contributed by atoms with Crippen LogP contribution in [-0.4, -0.2) is 9.97 Å². The molecule has 3 nitrogen and oxygen atoms in total. The number of rotatable bonds is 6. The third kappa shape index (κ3) is 7.51. The summed E-state index contributed by atoms with van der Waals surface area (Å²) < 4.78 is 6.15. The van der Waals surface area contributed by atoms with Gasteiger partial charge in [-0.2, -0.15) is 0 Å². The Kier molecular flexibility index (Phi) is 11.0. The maximum atomic E-state index is 6.15. The largest absolute Gasteiger partial charge is 0.501 e. The molecular formula is C44H40IrN2O-2. The van der Waals surface area contributed by atoms with E-state index in [0.717, 1.165) is 50.4 Å². The zero-order valence-electron chi connectivity index (χ0n) is 27.6. The van der Waals surface area contributed by atoms with Crippen LogP contribution in [0.15, 0.2) is 126 Å². The van der Waals surface area contributed by atoms with Crippen molar-refractivity contribution in [3.8, 4) is 22.5 Å².